The second-order valence-electron chi connectivity index (χ2n) is 12.6. The Kier molecular flexibility index (Phi) is 10.4. The Bertz CT molecular complexity index is 2050. The molecule has 8 rings (SSSR count). The molecule has 0 fully saturated rings. The predicted molar refractivity (Wildman–Crippen MR) is 227 cm³/mol. The van der Waals surface area contributed by atoms with Gasteiger partial charge in [-0.05, 0) is 0 Å². The molecule has 51 heavy (non-hydrogen) atoms. The van der Waals surface area contributed by atoms with E-state index >= 15 is 0 Å². The summed E-state index contributed by atoms with van der Waals surface area (Å²) in [6, 6.07) is 86.6. The van der Waals surface area contributed by atoms with Crippen molar-refractivity contribution in [1.82, 2.24) is 0 Å². The molecule has 0 saturated heterocycles. The van der Waals surface area contributed by atoms with Crippen molar-refractivity contribution in [2.45, 2.75) is 0 Å². The maximum atomic E-state index is 2.59. The molecule has 0 atom stereocenters. The standard InChI is InChI=1S/2C18H14P.2C6H5.Sn/c2*1-4-10-16(11-5-1)19(17-12-6-2-7-13-17)18-14-8-3-9-15-18;2*1-2-4-6-5-3-1;/h2*1-8,10-15H;2*1-5H;. The van der Waals surface area contributed by atoms with Gasteiger partial charge in [0.25, 0.3) is 0 Å². The second kappa shape index (κ2) is 15.8. The fraction of sp³-hybridized carbons (Fsp3) is 0. The summed E-state index contributed by atoms with van der Waals surface area (Å²) in [5.41, 5.74) is 0. The Morgan fingerprint density at radius 3 is 0.745 bits per heavy atom. The van der Waals surface area contributed by atoms with E-state index in [9.17, 15) is 0 Å². The van der Waals surface area contributed by atoms with Crippen molar-refractivity contribution in [3.05, 3.63) is 231 Å². The third-order valence-corrected chi connectivity index (χ3v) is 28.0. The molecular formula is C48H38P2Sn. The van der Waals surface area contributed by atoms with Crippen LogP contribution in [-0.4, -0.2) is 18.4 Å². The number of benzene rings is 8. The van der Waals surface area contributed by atoms with Gasteiger partial charge >= 0.3 is 311 Å². The summed E-state index contributed by atoms with van der Waals surface area (Å²) < 4.78 is 5.86. The van der Waals surface area contributed by atoms with Crippen molar-refractivity contribution in [3.63, 3.8) is 0 Å². The van der Waals surface area contributed by atoms with E-state index in [1.54, 1.807) is 0 Å². The summed E-state index contributed by atoms with van der Waals surface area (Å²) in [6.45, 7) is 0. The SMILES string of the molecule is c1ccc(P(c2ccccc2)c2ccc[c]([Sn]([c]3ccccc3)([c]3ccccc3)[c]3cccc(P(c4ccccc4)c4ccccc4)c3)c2)cc1. The Morgan fingerprint density at radius 1 is 0.216 bits per heavy atom. The average molecular weight is 795 g/mol. The van der Waals surface area contributed by atoms with Gasteiger partial charge in [-0.1, -0.05) is 0 Å². The van der Waals surface area contributed by atoms with Gasteiger partial charge in [-0.25, -0.2) is 0 Å². The Hall–Kier alpha value is -4.58. The third-order valence-electron chi connectivity index (χ3n) is 9.55. The molecule has 0 amide bonds. The molecule has 0 nitrogen and oxygen atoms in total. The molecule has 0 spiro atoms. The molecule has 0 saturated carbocycles. The number of rotatable bonds is 10. The fourth-order valence-corrected chi connectivity index (χ4v) is 26.5. The van der Waals surface area contributed by atoms with Gasteiger partial charge in [-0.2, -0.15) is 0 Å². The van der Waals surface area contributed by atoms with Crippen LogP contribution in [0.3, 0.4) is 0 Å². The summed E-state index contributed by atoms with van der Waals surface area (Å²) >= 11 is -4.00. The Labute approximate surface area is 308 Å². The predicted octanol–water partition coefficient (Wildman–Crippen LogP) is 6.58. The summed E-state index contributed by atoms with van der Waals surface area (Å²) in [5, 5.41) is 8.26. The van der Waals surface area contributed by atoms with Gasteiger partial charge in [-0.3, -0.25) is 0 Å². The van der Waals surface area contributed by atoms with Crippen molar-refractivity contribution < 1.29 is 0 Å². The molecule has 0 aliphatic rings. The molecule has 0 bridgehead atoms. The molecule has 8 aromatic carbocycles. The molecule has 0 aliphatic heterocycles. The van der Waals surface area contributed by atoms with Gasteiger partial charge in [0.2, 0.25) is 0 Å². The van der Waals surface area contributed by atoms with Gasteiger partial charge in [0.15, 0.2) is 0 Å². The molecule has 0 unspecified atom stereocenters. The van der Waals surface area contributed by atoms with Crippen molar-refractivity contribution in [3.8, 4) is 0 Å². The van der Waals surface area contributed by atoms with Crippen LogP contribution in [0.5, 0.6) is 0 Å². The zero-order valence-corrected chi connectivity index (χ0v) is 33.0. The van der Waals surface area contributed by atoms with Crippen LogP contribution in [0, 0.1) is 0 Å². The van der Waals surface area contributed by atoms with Gasteiger partial charge in [0, 0.05) is 0 Å². The number of hydrogen-bond donors (Lipinski definition) is 0. The van der Waals surface area contributed by atoms with E-state index in [2.05, 4.69) is 231 Å². The van der Waals surface area contributed by atoms with Crippen molar-refractivity contribution in [2.75, 3.05) is 0 Å². The van der Waals surface area contributed by atoms with Crippen molar-refractivity contribution in [2.24, 2.45) is 0 Å². The second-order valence-corrected chi connectivity index (χ2v) is 27.9. The molecule has 0 heterocycles. The van der Waals surface area contributed by atoms with Crippen LogP contribution in [0.2, 0.25) is 0 Å². The average Bonchev–Trinajstić information content (AvgIpc) is 3.21. The van der Waals surface area contributed by atoms with E-state index in [-0.39, 0.29) is 0 Å². The van der Waals surface area contributed by atoms with E-state index < -0.39 is 34.2 Å². The topological polar surface area (TPSA) is 0 Å². The number of hydrogen-bond acceptors (Lipinski definition) is 0. The summed E-state index contributed by atoms with van der Waals surface area (Å²) in [6.07, 6.45) is 0. The fourth-order valence-electron chi connectivity index (χ4n) is 7.34. The van der Waals surface area contributed by atoms with Gasteiger partial charge in [0.05, 0.1) is 0 Å². The van der Waals surface area contributed by atoms with E-state index in [1.807, 2.05) is 0 Å². The monoisotopic (exact) mass is 796 g/mol. The van der Waals surface area contributed by atoms with Crippen LogP contribution in [0.4, 0.5) is 0 Å². The molecule has 8 aromatic rings. The molecule has 3 heteroatoms. The Morgan fingerprint density at radius 2 is 0.451 bits per heavy atom. The van der Waals surface area contributed by atoms with Crippen LogP contribution < -0.4 is 46.1 Å². The molecule has 0 aliphatic carbocycles. The quantitative estimate of drug-likeness (QED) is 0.109. The summed E-state index contributed by atoms with van der Waals surface area (Å²) in [4.78, 5) is 0. The summed E-state index contributed by atoms with van der Waals surface area (Å²) in [5.74, 6) is 0. The van der Waals surface area contributed by atoms with Crippen LogP contribution in [0.15, 0.2) is 231 Å². The normalized spacial score (nSPS) is 11.5. The third kappa shape index (κ3) is 6.90. The molecule has 244 valence electrons. The zero-order chi connectivity index (χ0) is 34.3. The molecular weight excluding hydrogens is 757 g/mol. The van der Waals surface area contributed by atoms with Crippen LogP contribution in [0.1, 0.15) is 0 Å². The van der Waals surface area contributed by atoms with Crippen LogP contribution in [-0.2, 0) is 0 Å². The Balaban J connectivity index is 1.40. The maximum absolute atomic E-state index is 4.00. The van der Waals surface area contributed by atoms with Gasteiger partial charge < -0.3 is 0 Å². The first-order chi connectivity index (χ1) is 25.3. The van der Waals surface area contributed by atoms with E-state index in [0.717, 1.165) is 0 Å². The van der Waals surface area contributed by atoms with Crippen molar-refractivity contribution >= 4 is 80.4 Å². The molecule has 0 N–H and O–H groups in total. The van der Waals surface area contributed by atoms with E-state index in [1.165, 1.54) is 46.1 Å². The zero-order valence-electron chi connectivity index (χ0n) is 28.3. The van der Waals surface area contributed by atoms with Crippen LogP contribution >= 0.6 is 15.8 Å². The first kappa shape index (κ1) is 33.6. The van der Waals surface area contributed by atoms with E-state index in [4.69, 9.17) is 0 Å². The van der Waals surface area contributed by atoms with Crippen LogP contribution in [0.25, 0.3) is 0 Å². The van der Waals surface area contributed by atoms with Crippen molar-refractivity contribution in [1.29, 1.82) is 0 Å². The first-order valence-electron chi connectivity index (χ1n) is 17.4. The van der Waals surface area contributed by atoms with Gasteiger partial charge in [-0.15, -0.1) is 0 Å². The van der Waals surface area contributed by atoms with Gasteiger partial charge in [0.1, 0.15) is 0 Å². The first-order valence-corrected chi connectivity index (χ1v) is 25.8. The molecule has 0 aromatic heterocycles. The summed E-state index contributed by atoms with van der Waals surface area (Å²) in [7, 11) is -1.51. The molecule has 0 radical (unpaired) electrons. The van der Waals surface area contributed by atoms with E-state index in [0.29, 0.717) is 0 Å². The minimum absolute atomic E-state index is 0.756. The minimum atomic E-state index is -4.00.